The van der Waals surface area contributed by atoms with Crippen molar-refractivity contribution in [2.24, 2.45) is 0 Å². The minimum absolute atomic E-state index is 0.520. The molecule has 0 aliphatic carbocycles. The first kappa shape index (κ1) is 14.4. The molecule has 4 heteroatoms. The maximum atomic E-state index is 9.23. The van der Waals surface area contributed by atoms with Gasteiger partial charge in [0.15, 0.2) is 0 Å². The van der Waals surface area contributed by atoms with Gasteiger partial charge in [0.05, 0.1) is 5.56 Å². The van der Waals surface area contributed by atoms with Gasteiger partial charge < -0.3 is 10.1 Å². The average Bonchev–Trinajstić information content (AvgIpc) is 2.43. The lowest BCUT2D eigenvalue weighted by molar-refractivity contribution is 0.477. The zero-order valence-corrected chi connectivity index (χ0v) is 12.2. The Morgan fingerprint density at radius 3 is 2.60 bits per heavy atom. The van der Waals surface area contributed by atoms with Crippen molar-refractivity contribution in [3.63, 3.8) is 0 Å². The first-order valence-electron chi connectivity index (χ1n) is 6.25. The maximum absolute atomic E-state index is 9.23. The molecule has 0 aliphatic heterocycles. The third kappa shape index (κ3) is 3.30. The van der Waals surface area contributed by atoms with Crippen molar-refractivity contribution in [3.8, 4) is 17.6 Å². The third-order valence-corrected chi connectivity index (χ3v) is 3.14. The van der Waals surface area contributed by atoms with E-state index >= 15 is 0 Å². The lowest BCUT2D eigenvalue weighted by atomic mass is 10.1. The van der Waals surface area contributed by atoms with E-state index < -0.39 is 0 Å². The summed E-state index contributed by atoms with van der Waals surface area (Å²) in [6, 6.07) is 13.2. The molecule has 0 amide bonds. The highest BCUT2D eigenvalue weighted by atomic mass is 35.5. The van der Waals surface area contributed by atoms with E-state index in [2.05, 4.69) is 11.4 Å². The first-order chi connectivity index (χ1) is 9.63. The molecule has 20 heavy (non-hydrogen) atoms. The average molecular weight is 287 g/mol. The molecular weight excluding hydrogens is 272 g/mol. The molecule has 0 fully saturated rings. The smallest absolute Gasteiger partial charge is 0.145 e. The molecule has 0 unspecified atom stereocenters. The van der Waals surface area contributed by atoms with Crippen molar-refractivity contribution < 1.29 is 4.74 Å². The Morgan fingerprint density at radius 2 is 1.95 bits per heavy atom. The molecule has 0 bridgehead atoms. The number of rotatable bonds is 4. The lowest BCUT2D eigenvalue weighted by Gasteiger charge is -2.11. The molecule has 0 atom stereocenters. The number of ether oxygens (including phenoxy) is 1. The van der Waals surface area contributed by atoms with E-state index in [1.807, 2.05) is 38.2 Å². The van der Waals surface area contributed by atoms with Crippen LogP contribution in [0.25, 0.3) is 0 Å². The standard InChI is InChI=1S/C16H15ClN2O/c1-11-7-14(17)4-6-15(11)20-16-5-3-12(10-19-2)8-13(16)9-18/h3-8,19H,10H2,1-2H3. The fourth-order valence-corrected chi connectivity index (χ4v) is 2.14. The zero-order chi connectivity index (χ0) is 14.5. The van der Waals surface area contributed by atoms with Crippen LogP contribution in [0, 0.1) is 18.3 Å². The van der Waals surface area contributed by atoms with E-state index in [0.29, 0.717) is 22.1 Å². The second-order valence-electron chi connectivity index (χ2n) is 4.48. The van der Waals surface area contributed by atoms with E-state index in [9.17, 15) is 5.26 Å². The predicted octanol–water partition coefficient (Wildman–Crippen LogP) is 4.03. The number of hydrogen-bond donors (Lipinski definition) is 1. The molecule has 102 valence electrons. The molecule has 1 N–H and O–H groups in total. The van der Waals surface area contributed by atoms with Gasteiger partial charge in [0.25, 0.3) is 0 Å². The van der Waals surface area contributed by atoms with Crippen LogP contribution in [0.2, 0.25) is 5.02 Å². The van der Waals surface area contributed by atoms with Gasteiger partial charge in [0.2, 0.25) is 0 Å². The molecule has 0 aliphatic rings. The van der Waals surface area contributed by atoms with Crippen LogP contribution in [0.15, 0.2) is 36.4 Å². The van der Waals surface area contributed by atoms with Gasteiger partial charge in [-0.1, -0.05) is 17.7 Å². The van der Waals surface area contributed by atoms with Gasteiger partial charge in [-0.25, -0.2) is 0 Å². The van der Waals surface area contributed by atoms with E-state index in [4.69, 9.17) is 16.3 Å². The predicted molar refractivity (Wildman–Crippen MR) is 80.2 cm³/mol. The fourth-order valence-electron chi connectivity index (χ4n) is 1.91. The monoisotopic (exact) mass is 286 g/mol. The van der Waals surface area contributed by atoms with Crippen LogP contribution >= 0.6 is 11.6 Å². The van der Waals surface area contributed by atoms with Crippen molar-refractivity contribution in [2.75, 3.05) is 7.05 Å². The molecule has 3 nitrogen and oxygen atoms in total. The zero-order valence-electron chi connectivity index (χ0n) is 11.4. The van der Waals surface area contributed by atoms with Crippen molar-refractivity contribution in [1.82, 2.24) is 5.32 Å². The van der Waals surface area contributed by atoms with E-state index in [-0.39, 0.29) is 0 Å². The Morgan fingerprint density at radius 1 is 1.20 bits per heavy atom. The van der Waals surface area contributed by atoms with Gasteiger partial charge in [-0.3, -0.25) is 0 Å². The van der Waals surface area contributed by atoms with E-state index in [0.717, 1.165) is 17.7 Å². The summed E-state index contributed by atoms with van der Waals surface area (Å²) in [6.07, 6.45) is 0. The molecular formula is C16H15ClN2O. The second-order valence-corrected chi connectivity index (χ2v) is 4.92. The molecule has 2 aromatic carbocycles. The number of benzene rings is 2. The van der Waals surface area contributed by atoms with Crippen LogP contribution in [-0.2, 0) is 6.54 Å². The van der Waals surface area contributed by atoms with Crippen molar-refractivity contribution in [1.29, 1.82) is 5.26 Å². The highest BCUT2D eigenvalue weighted by molar-refractivity contribution is 6.30. The highest BCUT2D eigenvalue weighted by Gasteiger charge is 2.08. The number of nitriles is 1. The van der Waals surface area contributed by atoms with E-state index in [1.54, 1.807) is 12.1 Å². The number of hydrogen-bond acceptors (Lipinski definition) is 3. The summed E-state index contributed by atoms with van der Waals surface area (Å²) in [5.41, 5.74) is 2.50. The number of halogens is 1. The van der Waals surface area contributed by atoms with Crippen molar-refractivity contribution in [3.05, 3.63) is 58.1 Å². The summed E-state index contributed by atoms with van der Waals surface area (Å²) >= 11 is 5.92. The summed E-state index contributed by atoms with van der Waals surface area (Å²) in [7, 11) is 1.87. The van der Waals surface area contributed by atoms with Gasteiger partial charge in [-0.2, -0.15) is 5.26 Å². The number of nitrogens with zero attached hydrogens (tertiary/aromatic N) is 1. The third-order valence-electron chi connectivity index (χ3n) is 2.90. The molecule has 0 saturated carbocycles. The van der Waals surface area contributed by atoms with Crippen LogP contribution in [0.4, 0.5) is 0 Å². The highest BCUT2D eigenvalue weighted by Crippen LogP contribution is 2.29. The Bertz CT molecular complexity index is 662. The van der Waals surface area contributed by atoms with Crippen LogP contribution in [0.3, 0.4) is 0 Å². The minimum atomic E-state index is 0.520. The fraction of sp³-hybridized carbons (Fsp3) is 0.188. The Kier molecular flexibility index (Phi) is 4.62. The summed E-state index contributed by atoms with van der Waals surface area (Å²) in [5.74, 6) is 1.25. The van der Waals surface area contributed by atoms with Gasteiger partial charge in [-0.15, -0.1) is 0 Å². The summed E-state index contributed by atoms with van der Waals surface area (Å²) in [4.78, 5) is 0. The van der Waals surface area contributed by atoms with E-state index in [1.165, 1.54) is 0 Å². The Labute approximate surface area is 123 Å². The number of nitrogens with one attached hydrogen (secondary N) is 1. The minimum Gasteiger partial charge on any atom is -0.456 e. The van der Waals surface area contributed by atoms with Crippen LogP contribution < -0.4 is 10.1 Å². The molecule has 0 heterocycles. The topological polar surface area (TPSA) is 45.0 Å². The van der Waals surface area contributed by atoms with Crippen molar-refractivity contribution >= 4 is 11.6 Å². The molecule has 2 rings (SSSR count). The quantitative estimate of drug-likeness (QED) is 0.923. The SMILES string of the molecule is CNCc1ccc(Oc2ccc(Cl)cc2C)c(C#N)c1. The van der Waals surface area contributed by atoms with Gasteiger partial charge >= 0.3 is 0 Å². The second kappa shape index (κ2) is 6.42. The maximum Gasteiger partial charge on any atom is 0.145 e. The van der Waals surface area contributed by atoms with Gasteiger partial charge in [0.1, 0.15) is 17.6 Å². The van der Waals surface area contributed by atoms with Crippen LogP contribution in [0.1, 0.15) is 16.7 Å². The van der Waals surface area contributed by atoms with Crippen molar-refractivity contribution in [2.45, 2.75) is 13.5 Å². The Hall–Kier alpha value is -2.02. The molecule has 0 spiro atoms. The molecule has 0 radical (unpaired) electrons. The summed E-state index contributed by atoms with van der Waals surface area (Å²) in [6.45, 7) is 2.64. The largest absolute Gasteiger partial charge is 0.456 e. The van der Waals surface area contributed by atoms with Gasteiger partial charge in [0, 0.05) is 11.6 Å². The van der Waals surface area contributed by atoms with Crippen LogP contribution in [-0.4, -0.2) is 7.05 Å². The summed E-state index contributed by atoms with van der Waals surface area (Å²) < 4.78 is 5.82. The van der Waals surface area contributed by atoms with Crippen LogP contribution in [0.5, 0.6) is 11.5 Å². The van der Waals surface area contributed by atoms with Gasteiger partial charge in [-0.05, 0) is 55.4 Å². The molecule has 0 saturated heterocycles. The number of aryl methyl sites for hydroxylation is 1. The first-order valence-corrected chi connectivity index (χ1v) is 6.63. The Balaban J connectivity index is 2.31. The lowest BCUT2D eigenvalue weighted by Crippen LogP contribution is -2.05. The normalized spacial score (nSPS) is 10.1. The summed E-state index contributed by atoms with van der Waals surface area (Å²) in [5, 5.41) is 13.0. The molecule has 2 aromatic rings. The molecule has 0 aromatic heterocycles.